The molecule has 3 saturated carbocycles. The van der Waals surface area contributed by atoms with E-state index in [1.807, 2.05) is 11.9 Å². The molecule has 0 unspecified atom stereocenters. The fourth-order valence-electron chi connectivity index (χ4n) is 6.31. The lowest BCUT2D eigenvalue weighted by Gasteiger charge is -2.51. The van der Waals surface area contributed by atoms with Gasteiger partial charge in [-0.1, -0.05) is 0 Å². The number of rotatable bonds is 9. The number of benzene rings is 2. The van der Waals surface area contributed by atoms with Crippen LogP contribution in [0.3, 0.4) is 0 Å². The molecule has 236 valence electrons. The molecule has 45 heavy (non-hydrogen) atoms. The van der Waals surface area contributed by atoms with Gasteiger partial charge in [-0.25, -0.2) is 9.37 Å². The first kappa shape index (κ1) is 30.1. The van der Waals surface area contributed by atoms with Crippen LogP contribution in [0.4, 0.5) is 8.78 Å². The van der Waals surface area contributed by atoms with Gasteiger partial charge in [-0.05, 0) is 74.9 Å². The minimum absolute atomic E-state index is 0.126. The monoisotopic (exact) mass is 621 g/mol. The number of carbonyl (C=O) groups excluding carboxylic acids is 1. The molecule has 3 fully saturated rings. The van der Waals surface area contributed by atoms with Crippen molar-refractivity contribution in [3.8, 4) is 34.6 Å². The summed E-state index contributed by atoms with van der Waals surface area (Å²) in [6.07, 6.45) is 4.92. The average Bonchev–Trinajstić information content (AvgIpc) is 3.47. The molecule has 1 aromatic heterocycles. The van der Waals surface area contributed by atoms with Crippen LogP contribution in [0.1, 0.15) is 49.7 Å². The Bertz CT molecular complexity index is 1690. The number of esters is 1. The topological polar surface area (TPSA) is 153 Å². The number of amidine groups is 2. The summed E-state index contributed by atoms with van der Waals surface area (Å²) in [7, 11) is 3.28. The number of hydrogen-bond acceptors (Lipinski definition) is 10. The minimum Gasteiger partial charge on any atom is -0.504 e. The fraction of sp³-hybridized carbons (Fsp3) is 0.375. The van der Waals surface area contributed by atoms with Gasteiger partial charge < -0.3 is 34.7 Å². The Labute approximate surface area is 258 Å². The highest BCUT2D eigenvalue weighted by atomic mass is 19.1. The molecule has 3 aromatic rings. The van der Waals surface area contributed by atoms with Crippen molar-refractivity contribution in [3.05, 3.63) is 65.4 Å². The van der Waals surface area contributed by atoms with E-state index in [0.717, 1.165) is 6.20 Å². The number of aliphatic imine (C=N–C) groups is 1. The summed E-state index contributed by atoms with van der Waals surface area (Å²) >= 11 is 0. The van der Waals surface area contributed by atoms with E-state index in [1.54, 1.807) is 18.2 Å². The number of halogens is 2. The van der Waals surface area contributed by atoms with Gasteiger partial charge in [0, 0.05) is 19.2 Å². The number of ether oxygens (including phenoxy) is 4. The highest BCUT2D eigenvalue weighted by Crippen LogP contribution is 2.54. The normalized spacial score (nSPS) is 22.1. The van der Waals surface area contributed by atoms with Crippen molar-refractivity contribution >= 4 is 17.6 Å². The molecule has 2 bridgehead atoms. The molecule has 11 nitrogen and oxygen atoms in total. The number of nitrogens with two attached hydrogens (primary N) is 1. The van der Waals surface area contributed by atoms with Gasteiger partial charge in [0.2, 0.25) is 11.6 Å². The van der Waals surface area contributed by atoms with Crippen LogP contribution in [0.15, 0.2) is 47.6 Å². The molecule has 1 aliphatic heterocycles. The van der Waals surface area contributed by atoms with Crippen LogP contribution in [-0.4, -0.2) is 65.5 Å². The van der Waals surface area contributed by atoms with Crippen LogP contribution in [0.5, 0.6) is 34.6 Å². The van der Waals surface area contributed by atoms with Crippen molar-refractivity contribution in [1.29, 1.82) is 5.41 Å². The lowest BCUT2D eigenvalue weighted by atomic mass is 9.58. The van der Waals surface area contributed by atoms with E-state index in [2.05, 4.69) is 9.98 Å². The molecule has 4 N–H and O–H groups in total. The SMILES string of the molecule is COC(=O)C12CCC(Oc3ccc(Oc4c(F)cnc(Oc5cc(C(=N)N)ccc5O)c4F)c(C4=NCCN4C)c3)(CC1)CC2. The van der Waals surface area contributed by atoms with E-state index < -0.39 is 34.3 Å². The van der Waals surface area contributed by atoms with Gasteiger partial charge in [-0.2, -0.15) is 4.39 Å². The van der Waals surface area contributed by atoms with Crippen LogP contribution in [0, 0.1) is 22.5 Å². The van der Waals surface area contributed by atoms with Gasteiger partial charge in [0.15, 0.2) is 17.3 Å². The molecule has 2 heterocycles. The molecule has 0 saturated heterocycles. The molecule has 7 rings (SSSR count). The number of aromatic nitrogens is 1. The van der Waals surface area contributed by atoms with Gasteiger partial charge in [0.05, 0.1) is 30.8 Å². The molecule has 0 radical (unpaired) electrons. The number of hydrogen-bond donors (Lipinski definition) is 3. The Balaban J connectivity index is 1.29. The fourth-order valence-corrected chi connectivity index (χ4v) is 6.31. The predicted molar refractivity (Wildman–Crippen MR) is 159 cm³/mol. The van der Waals surface area contributed by atoms with Crippen molar-refractivity contribution in [3.63, 3.8) is 0 Å². The highest BCUT2D eigenvalue weighted by Gasteiger charge is 2.54. The van der Waals surface area contributed by atoms with Crippen LogP contribution < -0.4 is 19.9 Å². The number of nitrogens with one attached hydrogen (secondary N) is 1. The molecular weight excluding hydrogens is 588 g/mol. The Morgan fingerprint density at radius 3 is 2.42 bits per heavy atom. The molecular formula is C32H33F2N5O6. The van der Waals surface area contributed by atoms with Gasteiger partial charge in [0.25, 0.3) is 5.88 Å². The number of likely N-dealkylation sites (N-methyl/N-ethyl adjacent to an activating group) is 1. The van der Waals surface area contributed by atoms with E-state index in [1.165, 1.54) is 25.3 Å². The summed E-state index contributed by atoms with van der Waals surface area (Å²) in [6, 6.07) is 8.86. The van der Waals surface area contributed by atoms with Crippen molar-refractivity contribution in [2.24, 2.45) is 16.1 Å². The largest absolute Gasteiger partial charge is 0.504 e. The first-order chi connectivity index (χ1) is 21.5. The Hall–Kier alpha value is -4.94. The van der Waals surface area contributed by atoms with Crippen molar-refractivity contribution in [2.45, 2.75) is 44.1 Å². The lowest BCUT2D eigenvalue weighted by molar-refractivity contribution is -0.166. The summed E-state index contributed by atoms with van der Waals surface area (Å²) < 4.78 is 53.7. The Kier molecular flexibility index (Phi) is 7.71. The summed E-state index contributed by atoms with van der Waals surface area (Å²) in [4.78, 5) is 22.6. The maximum Gasteiger partial charge on any atom is 0.311 e. The van der Waals surface area contributed by atoms with Crippen LogP contribution in [-0.2, 0) is 9.53 Å². The number of fused-ring (bicyclic) bond motifs is 3. The number of carbonyl (C=O) groups is 1. The van der Waals surface area contributed by atoms with Gasteiger partial charge in [-0.15, -0.1) is 0 Å². The van der Waals surface area contributed by atoms with Gasteiger partial charge >= 0.3 is 5.97 Å². The Morgan fingerprint density at radius 2 is 1.78 bits per heavy atom. The molecule has 0 spiro atoms. The van der Waals surface area contributed by atoms with Crippen molar-refractivity contribution in [2.75, 3.05) is 27.2 Å². The van der Waals surface area contributed by atoms with Crippen molar-refractivity contribution in [1.82, 2.24) is 9.88 Å². The third-order valence-corrected chi connectivity index (χ3v) is 8.97. The number of methoxy groups -OCH3 is 1. The van der Waals surface area contributed by atoms with Gasteiger partial charge in [-0.3, -0.25) is 15.2 Å². The van der Waals surface area contributed by atoms with Gasteiger partial charge in [0.1, 0.15) is 28.8 Å². The summed E-state index contributed by atoms with van der Waals surface area (Å²) in [5.74, 6) is -3.55. The zero-order chi connectivity index (χ0) is 31.9. The molecule has 2 aromatic carbocycles. The number of nitrogens with zero attached hydrogens (tertiary/aromatic N) is 3. The first-order valence-corrected chi connectivity index (χ1v) is 14.6. The van der Waals surface area contributed by atoms with E-state index in [9.17, 15) is 9.90 Å². The third kappa shape index (κ3) is 5.58. The van der Waals surface area contributed by atoms with E-state index >= 15 is 8.78 Å². The predicted octanol–water partition coefficient (Wildman–Crippen LogP) is 5.27. The zero-order valence-electron chi connectivity index (χ0n) is 24.9. The molecule has 0 amide bonds. The quantitative estimate of drug-likeness (QED) is 0.165. The highest BCUT2D eigenvalue weighted by molar-refractivity contribution is 6.02. The maximum atomic E-state index is 15.7. The summed E-state index contributed by atoms with van der Waals surface area (Å²) in [6.45, 7) is 1.19. The summed E-state index contributed by atoms with van der Waals surface area (Å²) in [5.41, 5.74) is 5.33. The van der Waals surface area contributed by atoms with E-state index in [0.29, 0.717) is 68.8 Å². The lowest BCUT2D eigenvalue weighted by Crippen LogP contribution is -2.52. The number of pyridine rings is 1. The first-order valence-electron chi connectivity index (χ1n) is 14.6. The van der Waals surface area contributed by atoms with Crippen LogP contribution in [0.25, 0.3) is 0 Å². The third-order valence-electron chi connectivity index (χ3n) is 8.97. The van der Waals surface area contributed by atoms with Crippen LogP contribution in [0.2, 0.25) is 0 Å². The number of phenols is 1. The summed E-state index contributed by atoms with van der Waals surface area (Å²) in [5, 5.41) is 17.8. The Morgan fingerprint density at radius 1 is 1.04 bits per heavy atom. The second kappa shape index (κ2) is 11.5. The van der Waals surface area contributed by atoms with Crippen LogP contribution >= 0.6 is 0 Å². The smallest absolute Gasteiger partial charge is 0.311 e. The van der Waals surface area contributed by atoms with E-state index in [4.69, 9.17) is 30.1 Å². The van der Waals surface area contributed by atoms with E-state index in [-0.39, 0.29) is 34.6 Å². The zero-order valence-corrected chi connectivity index (χ0v) is 24.9. The minimum atomic E-state index is -1.24. The number of aromatic hydroxyl groups is 1. The number of phenolic OH excluding ortho intramolecular Hbond substituents is 1. The second-order valence-electron chi connectivity index (χ2n) is 11.7. The maximum absolute atomic E-state index is 15.7. The molecule has 4 aliphatic rings. The standard InChI is InChI=1S/C32H33F2N5O6/c1-39-14-13-37-28(39)20-16-19(45-32-10-7-31(8-11-32,9-12-32)30(41)42-2)4-6-23(20)43-26-21(33)17-38-29(25(26)34)44-24-15-18(27(35)36)3-5-22(24)40/h3-6,15-17,40H,7-14H2,1-2H3,(H3,35,36). The van der Waals surface area contributed by atoms with Crippen molar-refractivity contribution < 1.29 is 37.6 Å². The molecule has 0 atom stereocenters. The average molecular weight is 622 g/mol. The second-order valence-corrected chi connectivity index (χ2v) is 11.7. The molecule has 3 aliphatic carbocycles. The molecule has 13 heteroatoms. The number of nitrogen functional groups attached to an aromatic ring is 1.